The lowest BCUT2D eigenvalue weighted by Crippen LogP contribution is -2.40. The zero-order chi connectivity index (χ0) is 20.8. The van der Waals surface area contributed by atoms with Gasteiger partial charge in [-0.15, -0.1) is 0 Å². The molecular weight excluding hydrogens is 368 g/mol. The van der Waals surface area contributed by atoms with Crippen LogP contribution in [-0.4, -0.2) is 11.6 Å². The highest BCUT2D eigenvalue weighted by atomic mass is 16.2. The first-order valence-corrected chi connectivity index (χ1v) is 10.5. The maximum absolute atomic E-state index is 13.9. The molecule has 0 bridgehead atoms. The average Bonchev–Trinajstić information content (AvgIpc) is 3.44. The molecule has 0 heterocycles. The summed E-state index contributed by atoms with van der Waals surface area (Å²) in [5, 5.41) is 0. The maximum Gasteiger partial charge on any atom is 0.177 e. The third kappa shape index (κ3) is 2.79. The SMILES string of the molecule is C[C@@]12C[C@@H]1C(C(=O)c1ccccc1)(C(=O)c1ccccc1)C/C2=C\c1ccccc1. The third-order valence-corrected chi connectivity index (χ3v) is 7.06. The first kappa shape index (κ1) is 18.7. The van der Waals surface area contributed by atoms with Crippen molar-refractivity contribution >= 4 is 17.6 Å². The number of allylic oxidation sites excluding steroid dienone is 1. The van der Waals surface area contributed by atoms with Crippen LogP contribution in [0.1, 0.15) is 46.0 Å². The van der Waals surface area contributed by atoms with Crippen LogP contribution in [0.2, 0.25) is 0 Å². The number of rotatable bonds is 5. The van der Waals surface area contributed by atoms with Gasteiger partial charge in [-0.05, 0) is 29.7 Å². The Morgan fingerprint density at radius 2 is 1.23 bits per heavy atom. The predicted octanol–water partition coefficient (Wildman–Crippen LogP) is 6.25. The summed E-state index contributed by atoms with van der Waals surface area (Å²) < 4.78 is 0. The third-order valence-electron chi connectivity index (χ3n) is 7.06. The quantitative estimate of drug-likeness (QED) is 0.380. The summed E-state index contributed by atoms with van der Waals surface area (Å²) in [4.78, 5) is 27.8. The Morgan fingerprint density at radius 1 is 0.767 bits per heavy atom. The molecule has 0 aromatic heterocycles. The first-order valence-electron chi connectivity index (χ1n) is 10.5. The summed E-state index contributed by atoms with van der Waals surface area (Å²) in [5.74, 6) is -0.0374. The van der Waals surface area contributed by atoms with Gasteiger partial charge in [0, 0.05) is 11.1 Å². The van der Waals surface area contributed by atoms with Crippen molar-refractivity contribution in [3.05, 3.63) is 113 Å². The van der Waals surface area contributed by atoms with Crippen molar-refractivity contribution in [3.8, 4) is 0 Å². The number of fused-ring (bicyclic) bond motifs is 1. The summed E-state index contributed by atoms with van der Waals surface area (Å²) in [7, 11) is 0. The van der Waals surface area contributed by atoms with Crippen LogP contribution in [0.25, 0.3) is 6.08 Å². The minimum Gasteiger partial charge on any atom is -0.293 e. The zero-order valence-corrected chi connectivity index (χ0v) is 17.0. The van der Waals surface area contributed by atoms with E-state index in [0.717, 1.165) is 12.0 Å². The average molecular weight is 392 g/mol. The van der Waals surface area contributed by atoms with E-state index in [2.05, 4.69) is 25.1 Å². The Morgan fingerprint density at radius 3 is 1.73 bits per heavy atom. The Hall–Kier alpha value is -3.26. The van der Waals surface area contributed by atoms with E-state index in [9.17, 15) is 9.59 Å². The highest BCUT2D eigenvalue weighted by Gasteiger charge is 2.73. The van der Waals surface area contributed by atoms with Crippen LogP contribution in [-0.2, 0) is 0 Å². The lowest BCUT2D eigenvalue weighted by molar-refractivity contribution is 0.0638. The summed E-state index contributed by atoms with van der Waals surface area (Å²) in [6, 6.07) is 28.8. The molecule has 0 radical (unpaired) electrons. The van der Waals surface area contributed by atoms with Crippen molar-refractivity contribution in [1.29, 1.82) is 0 Å². The van der Waals surface area contributed by atoms with E-state index in [1.807, 2.05) is 78.9 Å². The second-order valence-electron chi connectivity index (χ2n) is 8.79. The molecule has 2 nitrogen and oxygen atoms in total. The minimum atomic E-state index is -1.03. The molecule has 0 unspecified atom stereocenters. The highest BCUT2D eigenvalue weighted by Crippen LogP contribution is 2.74. The van der Waals surface area contributed by atoms with Gasteiger partial charge in [0.2, 0.25) is 0 Å². The summed E-state index contributed by atoms with van der Waals surface area (Å²) in [6.45, 7) is 2.21. The van der Waals surface area contributed by atoms with Crippen LogP contribution in [0.3, 0.4) is 0 Å². The molecule has 0 saturated heterocycles. The van der Waals surface area contributed by atoms with E-state index in [1.54, 1.807) is 0 Å². The van der Waals surface area contributed by atoms with Crippen molar-refractivity contribution in [2.24, 2.45) is 16.7 Å². The molecule has 30 heavy (non-hydrogen) atoms. The van der Waals surface area contributed by atoms with E-state index in [4.69, 9.17) is 0 Å². The molecule has 2 fully saturated rings. The van der Waals surface area contributed by atoms with Crippen molar-refractivity contribution in [3.63, 3.8) is 0 Å². The highest BCUT2D eigenvalue weighted by molar-refractivity contribution is 6.21. The molecule has 2 atom stereocenters. The molecule has 0 spiro atoms. The van der Waals surface area contributed by atoms with Gasteiger partial charge in [0.05, 0.1) is 0 Å². The number of ketones is 2. The van der Waals surface area contributed by atoms with E-state index < -0.39 is 5.41 Å². The van der Waals surface area contributed by atoms with E-state index >= 15 is 0 Å². The van der Waals surface area contributed by atoms with Gasteiger partial charge in [-0.1, -0.05) is 110 Å². The molecule has 0 amide bonds. The predicted molar refractivity (Wildman–Crippen MR) is 119 cm³/mol. The number of carbonyl (C=O) groups is 2. The van der Waals surface area contributed by atoms with Gasteiger partial charge < -0.3 is 0 Å². The molecule has 2 saturated carbocycles. The van der Waals surface area contributed by atoms with Crippen molar-refractivity contribution in [2.75, 3.05) is 0 Å². The molecule has 2 aliphatic carbocycles. The van der Waals surface area contributed by atoms with E-state index in [0.29, 0.717) is 17.5 Å². The lowest BCUT2D eigenvalue weighted by Gasteiger charge is -2.28. The van der Waals surface area contributed by atoms with Crippen LogP contribution in [0.5, 0.6) is 0 Å². The molecule has 0 aliphatic heterocycles. The monoisotopic (exact) mass is 392 g/mol. The fourth-order valence-electron chi connectivity index (χ4n) is 5.30. The second-order valence-corrected chi connectivity index (χ2v) is 8.79. The zero-order valence-electron chi connectivity index (χ0n) is 17.0. The number of benzene rings is 3. The Kier molecular flexibility index (Phi) is 4.32. The molecular formula is C28H24O2. The van der Waals surface area contributed by atoms with Crippen LogP contribution in [0.4, 0.5) is 0 Å². The smallest absolute Gasteiger partial charge is 0.177 e. The molecule has 2 heteroatoms. The molecule has 3 aromatic rings. The van der Waals surface area contributed by atoms with Crippen molar-refractivity contribution < 1.29 is 9.59 Å². The fraction of sp³-hybridized carbons (Fsp3) is 0.214. The molecule has 3 aromatic carbocycles. The summed E-state index contributed by atoms with van der Waals surface area (Å²) in [5.41, 5.74) is 2.46. The summed E-state index contributed by atoms with van der Waals surface area (Å²) in [6.07, 6.45) is 3.56. The molecule has 0 N–H and O–H groups in total. The number of hydrogen-bond donors (Lipinski definition) is 0. The second kappa shape index (κ2) is 6.91. The van der Waals surface area contributed by atoms with Crippen LogP contribution >= 0.6 is 0 Å². The van der Waals surface area contributed by atoms with Gasteiger partial charge in [-0.25, -0.2) is 0 Å². The minimum absolute atomic E-state index is 0.0397. The van der Waals surface area contributed by atoms with Crippen molar-refractivity contribution in [1.82, 2.24) is 0 Å². The molecule has 5 rings (SSSR count). The lowest BCUT2D eigenvalue weighted by atomic mass is 9.70. The van der Waals surface area contributed by atoms with Crippen LogP contribution in [0.15, 0.2) is 96.6 Å². The Bertz CT molecular complexity index is 1080. The van der Waals surface area contributed by atoms with Gasteiger partial charge >= 0.3 is 0 Å². The normalized spacial score (nSPS) is 25.0. The Labute approximate surface area is 177 Å². The topological polar surface area (TPSA) is 34.1 Å². The van der Waals surface area contributed by atoms with Crippen molar-refractivity contribution in [2.45, 2.75) is 19.8 Å². The summed E-state index contributed by atoms with van der Waals surface area (Å²) >= 11 is 0. The van der Waals surface area contributed by atoms with Gasteiger partial charge in [0.15, 0.2) is 11.6 Å². The Balaban J connectivity index is 1.64. The van der Waals surface area contributed by atoms with Gasteiger partial charge in [0.1, 0.15) is 5.41 Å². The van der Waals surface area contributed by atoms with Gasteiger partial charge in [-0.3, -0.25) is 9.59 Å². The number of carbonyl (C=O) groups excluding carboxylic acids is 2. The molecule has 2 aliphatic rings. The van der Waals surface area contributed by atoms with Crippen LogP contribution in [0, 0.1) is 16.7 Å². The number of Topliss-reactive ketones (excluding diaryl/α,β-unsaturated/α-hetero) is 2. The standard InChI is InChI=1S/C28H24O2/c1-27-19-24(27)28(25(29)21-13-7-3-8-14-21,26(30)22-15-9-4-10-16-22)18-23(27)17-20-11-5-2-6-12-20/h2-17,24H,18-19H2,1H3/b23-17+/t24-,27-/m0/s1. The van der Waals surface area contributed by atoms with E-state index in [1.165, 1.54) is 5.57 Å². The molecule has 148 valence electrons. The van der Waals surface area contributed by atoms with Gasteiger partial charge in [0.25, 0.3) is 0 Å². The van der Waals surface area contributed by atoms with Gasteiger partial charge in [-0.2, -0.15) is 0 Å². The maximum atomic E-state index is 13.9. The number of hydrogen-bond acceptors (Lipinski definition) is 2. The largest absolute Gasteiger partial charge is 0.293 e. The van der Waals surface area contributed by atoms with Crippen LogP contribution < -0.4 is 0 Å². The van der Waals surface area contributed by atoms with E-state index in [-0.39, 0.29) is 22.9 Å². The fourth-order valence-corrected chi connectivity index (χ4v) is 5.30. The first-order chi connectivity index (χ1) is 14.6.